The first-order chi connectivity index (χ1) is 15.4. The molecule has 0 atom stereocenters. The van der Waals surface area contributed by atoms with Crippen molar-refractivity contribution in [2.75, 3.05) is 7.11 Å². The summed E-state index contributed by atoms with van der Waals surface area (Å²) in [5.41, 5.74) is 1.85. The molecule has 1 aliphatic heterocycles. The maximum absolute atomic E-state index is 12.9. The second-order valence-corrected chi connectivity index (χ2v) is 7.99. The summed E-state index contributed by atoms with van der Waals surface area (Å²) in [6.45, 7) is -0.0487. The number of amides is 2. The number of nitro groups is 1. The summed E-state index contributed by atoms with van der Waals surface area (Å²) in [5.74, 6) is -0.883. The van der Waals surface area contributed by atoms with E-state index in [-0.39, 0.29) is 23.7 Å². The van der Waals surface area contributed by atoms with Crippen molar-refractivity contribution in [3.8, 4) is 0 Å². The molecule has 162 valence electrons. The first kappa shape index (κ1) is 21.3. The first-order valence-corrected chi connectivity index (χ1v) is 10.3. The number of nitro benzene ring substituents is 1. The standard InChI is InChI=1S/C22H17N3O6S/c1-31-20(26)13-23-12-15(17-7-2-3-8-18(17)23)10-19-21(27)24(22(28)32-19)11-14-5-4-6-16(9-14)25(29)30/h2-10,12H,11,13H2,1H3/b19-10+. The average Bonchev–Trinajstić information content (AvgIpc) is 3.26. The minimum atomic E-state index is -0.526. The molecule has 0 unspecified atom stereocenters. The lowest BCUT2D eigenvalue weighted by Gasteiger charge is -2.12. The maximum Gasteiger partial charge on any atom is 0.325 e. The molecule has 9 nitrogen and oxygen atoms in total. The lowest BCUT2D eigenvalue weighted by Crippen LogP contribution is -2.27. The first-order valence-electron chi connectivity index (χ1n) is 9.51. The molecular formula is C22H17N3O6S. The van der Waals surface area contributed by atoms with Crippen molar-refractivity contribution < 1.29 is 24.0 Å². The molecule has 4 rings (SSSR count). The fraction of sp³-hybridized carbons (Fsp3) is 0.136. The van der Waals surface area contributed by atoms with E-state index in [9.17, 15) is 24.5 Å². The van der Waals surface area contributed by atoms with E-state index >= 15 is 0 Å². The predicted molar refractivity (Wildman–Crippen MR) is 119 cm³/mol. The van der Waals surface area contributed by atoms with Crippen molar-refractivity contribution in [2.45, 2.75) is 13.1 Å². The van der Waals surface area contributed by atoms with E-state index in [1.807, 2.05) is 24.3 Å². The van der Waals surface area contributed by atoms with Gasteiger partial charge in [-0.3, -0.25) is 29.4 Å². The van der Waals surface area contributed by atoms with E-state index in [0.717, 1.165) is 27.6 Å². The van der Waals surface area contributed by atoms with Gasteiger partial charge >= 0.3 is 5.97 Å². The Morgan fingerprint density at radius 3 is 2.72 bits per heavy atom. The van der Waals surface area contributed by atoms with Gasteiger partial charge in [-0.15, -0.1) is 0 Å². The van der Waals surface area contributed by atoms with Crippen molar-refractivity contribution in [2.24, 2.45) is 0 Å². The van der Waals surface area contributed by atoms with Gasteiger partial charge in [0.15, 0.2) is 0 Å². The van der Waals surface area contributed by atoms with Gasteiger partial charge in [-0.05, 0) is 29.5 Å². The fourth-order valence-corrected chi connectivity index (χ4v) is 4.28. The van der Waals surface area contributed by atoms with Gasteiger partial charge in [0.1, 0.15) is 6.54 Å². The third-order valence-corrected chi connectivity index (χ3v) is 5.88. The molecule has 0 radical (unpaired) electrons. The minimum absolute atomic E-state index is 0.0130. The highest BCUT2D eigenvalue weighted by molar-refractivity contribution is 8.18. The summed E-state index contributed by atoms with van der Waals surface area (Å²) in [7, 11) is 1.31. The Hall–Kier alpha value is -3.92. The topological polar surface area (TPSA) is 112 Å². The summed E-state index contributed by atoms with van der Waals surface area (Å²) in [4.78, 5) is 48.9. The quantitative estimate of drug-likeness (QED) is 0.241. The Morgan fingerprint density at radius 1 is 1.19 bits per heavy atom. The number of rotatable bonds is 6. The lowest BCUT2D eigenvalue weighted by atomic mass is 10.1. The lowest BCUT2D eigenvalue weighted by molar-refractivity contribution is -0.384. The Labute approximate surface area is 186 Å². The van der Waals surface area contributed by atoms with Crippen LogP contribution in [0.5, 0.6) is 0 Å². The van der Waals surface area contributed by atoms with Gasteiger partial charge in [-0.1, -0.05) is 30.3 Å². The summed E-state index contributed by atoms with van der Waals surface area (Å²) < 4.78 is 6.47. The van der Waals surface area contributed by atoms with E-state index in [2.05, 4.69) is 0 Å². The molecule has 0 spiro atoms. The second kappa shape index (κ2) is 8.67. The number of hydrogen-bond donors (Lipinski definition) is 0. The SMILES string of the molecule is COC(=O)Cn1cc(/C=C2/SC(=O)N(Cc3cccc([N+](=O)[O-])c3)C2=O)c2ccccc21. The number of carbonyl (C=O) groups excluding carboxylic acids is 3. The normalized spacial score (nSPS) is 15.0. The van der Waals surface area contributed by atoms with Crippen molar-refractivity contribution in [1.82, 2.24) is 9.47 Å². The van der Waals surface area contributed by atoms with Crippen molar-refractivity contribution in [3.63, 3.8) is 0 Å². The van der Waals surface area contributed by atoms with E-state index < -0.39 is 22.0 Å². The monoisotopic (exact) mass is 451 g/mol. The number of imide groups is 1. The van der Waals surface area contributed by atoms with Crippen LogP contribution in [0.15, 0.2) is 59.6 Å². The molecule has 1 aromatic heterocycles. The van der Waals surface area contributed by atoms with Crippen LogP contribution in [0.1, 0.15) is 11.1 Å². The zero-order valence-electron chi connectivity index (χ0n) is 16.9. The number of aromatic nitrogens is 1. The van der Waals surface area contributed by atoms with Crippen molar-refractivity contribution in [1.29, 1.82) is 0 Å². The Morgan fingerprint density at radius 2 is 1.97 bits per heavy atom. The molecule has 2 heterocycles. The number of non-ortho nitro benzene ring substituents is 1. The number of para-hydroxylation sites is 1. The number of fused-ring (bicyclic) bond motifs is 1. The van der Waals surface area contributed by atoms with Gasteiger partial charge < -0.3 is 9.30 Å². The van der Waals surface area contributed by atoms with Gasteiger partial charge in [0, 0.05) is 34.8 Å². The van der Waals surface area contributed by atoms with Crippen molar-refractivity contribution >= 4 is 51.5 Å². The third kappa shape index (κ3) is 4.12. The minimum Gasteiger partial charge on any atom is -0.468 e. The van der Waals surface area contributed by atoms with Gasteiger partial charge in [0.2, 0.25) is 0 Å². The number of thioether (sulfide) groups is 1. The van der Waals surface area contributed by atoms with Crippen LogP contribution in [0.2, 0.25) is 0 Å². The van der Waals surface area contributed by atoms with Gasteiger partial charge in [-0.25, -0.2) is 0 Å². The Kier molecular flexibility index (Phi) is 5.78. The zero-order valence-corrected chi connectivity index (χ0v) is 17.7. The van der Waals surface area contributed by atoms with Crippen molar-refractivity contribution in [3.05, 3.63) is 80.9 Å². The molecule has 2 aromatic carbocycles. The molecule has 2 amide bonds. The zero-order chi connectivity index (χ0) is 22.8. The van der Waals surface area contributed by atoms with Crippen LogP contribution in [0.25, 0.3) is 17.0 Å². The molecule has 10 heteroatoms. The molecule has 1 saturated heterocycles. The molecule has 0 bridgehead atoms. The van der Waals surface area contributed by atoms with E-state index in [1.54, 1.807) is 22.9 Å². The van der Waals surface area contributed by atoms with Gasteiger partial charge in [-0.2, -0.15) is 0 Å². The number of nitrogens with zero attached hydrogens (tertiary/aromatic N) is 3. The summed E-state index contributed by atoms with van der Waals surface area (Å²) >= 11 is 0.806. The number of ether oxygens (including phenoxy) is 1. The molecule has 1 fully saturated rings. The molecule has 32 heavy (non-hydrogen) atoms. The molecule has 3 aromatic rings. The summed E-state index contributed by atoms with van der Waals surface area (Å²) in [5, 5.41) is 11.4. The van der Waals surface area contributed by atoms with Crippen LogP contribution >= 0.6 is 11.8 Å². The Balaban J connectivity index is 1.63. The summed E-state index contributed by atoms with van der Waals surface area (Å²) in [6.07, 6.45) is 3.35. The average molecular weight is 451 g/mol. The third-order valence-electron chi connectivity index (χ3n) is 4.97. The molecule has 0 saturated carbocycles. The second-order valence-electron chi connectivity index (χ2n) is 7.00. The van der Waals surface area contributed by atoms with Crippen LogP contribution in [-0.4, -0.2) is 38.6 Å². The van der Waals surface area contributed by atoms with Crippen LogP contribution in [0.4, 0.5) is 10.5 Å². The molecular weight excluding hydrogens is 434 g/mol. The highest BCUT2D eigenvalue weighted by atomic mass is 32.2. The van der Waals surface area contributed by atoms with E-state index in [4.69, 9.17) is 4.74 Å². The van der Waals surface area contributed by atoms with Crippen LogP contribution in [0.3, 0.4) is 0 Å². The molecule has 0 aliphatic carbocycles. The van der Waals surface area contributed by atoms with Crippen LogP contribution in [0, 0.1) is 10.1 Å². The molecule has 0 N–H and O–H groups in total. The highest BCUT2D eigenvalue weighted by Crippen LogP contribution is 2.35. The fourth-order valence-electron chi connectivity index (χ4n) is 3.45. The van der Waals surface area contributed by atoms with Gasteiger partial charge in [0.05, 0.1) is 23.5 Å². The number of methoxy groups -OCH3 is 1. The predicted octanol–water partition coefficient (Wildman–Crippen LogP) is 3.96. The number of benzene rings is 2. The number of esters is 1. The van der Waals surface area contributed by atoms with Crippen LogP contribution < -0.4 is 0 Å². The van der Waals surface area contributed by atoms with E-state index in [0.29, 0.717) is 11.1 Å². The maximum atomic E-state index is 12.9. The highest BCUT2D eigenvalue weighted by Gasteiger charge is 2.35. The number of carbonyl (C=O) groups is 3. The Bertz CT molecular complexity index is 1300. The molecule has 1 aliphatic rings. The van der Waals surface area contributed by atoms with Crippen LogP contribution in [-0.2, 0) is 27.4 Å². The largest absolute Gasteiger partial charge is 0.468 e. The summed E-state index contributed by atoms with van der Waals surface area (Å²) in [6, 6.07) is 13.2. The van der Waals surface area contributed by atoms with Gasteiger partial charge in [0.25, 0.3) is 16.8 Å². The smallest absolute Gasteiger partial charge is 0.325 e. The number of hydrogen-bond acceptors (Lipinski definition) is 7. The van der Waals surface area contributed by atoms with E-state index in [1.165, 1.54) is 25.3 Å².